The van der Waals surface area contributed by atoms with Crippen LogP contribution in [0, 0.1) is 5.92 Å². The molecule has 4 nitrogen and oxygen atoms in total. The van der Waals surface area contributed by atoms with Crippen LogP contribution in [-0.2, 0) is 12.8 Å². The molecule has 96 valence electrons. The fraction of sp³-hybridized carbons (Fsp3) is 0.750. The number of anilines is 1. The zero-order valence-electron chi connectivity index (χ0n) is 11.0. The zero-order valence-corrected chi connectivity index (χ0v) is 11.8. The van der Waals surface area contributed by atoms with Crippen LogP contribution in [0.25, 0.3) is 0 Å². The lowest BCUT2D eigenvalue weighted by Crippen LogP contribution is -2.28. The molecule has 0 bridgehead atoms. The molecule has 1 rings (SSSR count). The maximum absolute atomic E-state index is 5.91. The second kappa shape index (κ2) is 6.74. The van der Waals surface area contributed by atoms with Crippen LogP contribution in [0.4, 0.5) is 5.95 Å². The maximum atomic E-state index is 5.91. The van der Waals surface area contributed by atoms with Crippen molar-refractivity contribution in [1.29, 1.82) is 0 Å². The van der Waals surface area contributed by atoms with Gasteiger partial charge in [0.1, 0.15) is 0 Å². The Bertz CT molecular complexity index is 354. The van der Waals surface area contributed by atoms with E-state index in [1.54, 1.807) is 0 Å². The van der Waals surface area contributed by atoms with Crippen molar-refractivity contribution < 1.29 is 0 Å². The quantitative estimate of drug-likeness (QED) is 0.795. The molecule has 0 amide bonds. The minimum Gasteiger partial charge on any atom is -0.349 e. The summed E-state index contributed by atoms with van der Waals surface area (Å²) < 4.78 is 0. The van der Waals surface area contributed by atoms with Gasteiger partial charge in [-0.15, -0.1) is 16.7 Å². The summed E-state index contributed by atoms with van der Waals surface area (Å²) in [6.07, 6.45) is 1.74. The monoisotopic (exact) mass is 256 g/mol. The van der Waals surface area contributed by atoms with Gasteiger partial charge in [0.25, 0.3) is 0 Å². The lowest BCUT2D eigenvalue weighted by molar-refractivity contribution is 0.558. The maximum Gasteiger partial charge on any atom is 0.243 e. The Balaban J connectivity index is 2.85. The first-order valence-electron chi connectivity index (χ1n) is 6.17. The third kappa shape index (κ3) is 3.80. The van der Waals surface area contributed by atoms with Crippen molar-refractivity contribution in [3.8, 4) is 0 Å². The Morgan fingerprint density at radius 1 is 1.12 bits per heavy atom. The van der Waals surface area contributed by atoms with Crippen LogP contribution in [0.15, 0.2) is 0 Å². The van der Waals surface area contributed by atoms with Crippen LogP contribution < -0.4 is 5.32 Å². The first-order chi connectivity index (χ1) is 8.12. The minimum absolute atomic E-state index is 0.177. The van der Waals surface area contributed by atoms with E-state index in [4.69, 9.17) is 11.6 Å². The largest absolute Gasteiger partial charge is 0.349 e. The highest BCUT2D eigenvalue weighted by molar-refractivity contribution is 6.18. The summed E-state index contributed by atoms with van der Waals surface area (Å²) in [4.78, 5) is 4.49. The predicted octanol–water partition coefficient (Wildman–Crippen LogP) is 2.67. The van der Waals surface area contributed by atoms with Gasteiger partial charge in [-0.25, -0.2) is 4.98 Å². The van der Waals surface area contributed by atoms with E-state index in [1.807, 2.05) is 0 Å². The molecule has 0 aromatic carbocycles. The van der Waals surface area contributed by atoms with Crippen LogP contribution in [0.3, 0.4) is 0 Å². The molecule has 0 saturated heterocycles. The van der Waals surface area contributed by atoms with Crippen molar-refractivity contribution in [2.75, 3.05) is 11.2 Å². The van der Waals surface area contributed by atoms with E-state index >= 15 is 0 Å². The summed E-state index contributed by atoms with van der Waals surface area (Å²) in [5.74, 6) is 1.56. The third-order valence-electron chi connectivity index (χ3n) is 2.79. The molecule has 0 aliphatic rings. The van der Waals surface area contributed by atoms with Crippen LogP contribution in [0.1, 0.15) is 39.1 Å². The molecule has 1 aromatic rings. The highest BCUT2D eigenvalue weighted by Gasteiger charge is 2.14. The molecule has 0 aliphatic carbocycles. The molecule has 0 aliphatic heterocycles. The SMILES string of the molecule is CCc1nnc(NC(CCl)C(C)C)nc1CC. The van der Waals surface area contributed by atoms with E-state index < -0.39 is 0 Å². The summed E-state index contributed by atoms with van der Waals surface area (Å²) in [7, 11) is 0. The molecule has 1 aromatic heterocycles. The summed E-state index contributed by atoms with van der Waals surface area (Å²) in [6, 6.07) is 0.177. The number of rotatable bonds is 6. The topological polar surface area (TPSA) is 50.7 Å². The number of hydrogen-bond donors (Lipinski definition) is 1. The molecule has 1 unspecified atom stereocenters. The average molecular weight is 257 g/mol. The number of hydrogen-bond acceptors (Lipinski definition) is 4. The van der Waals surface area contributed by atoms with Gasteiger partial charge < -0.3 is 5.32 Å². The summed E-state index contributed by atoms with van der Waals surface area (Å²) in [5, 5.41) is 11.5. The molecule has 1 heterocycles. The summed E-state index contributed by atoms with van der Waals surface area (Å²) in [6.45, 7) is 8.38. The molecule has 1 N–H and O–H groups in total. The molecule has 5 heteroatoms. The first kappa shape index (κ1) is 14.2. The molecule has 17 heavy (non-hydrogen) atoms. The van der Waals surface area contributed by atoms with Gasteiger partial charge in [0, 0.05) is 11.9 Å². The van der Waals surface area contributed by atoms with Gasteiger partial charge in [-0.3, -0.25) is 0 Å². The fourth-order valence-electron chi connectivity index (χ4n) is 1.55. The number of nitrogens with zero attached hydrogens (tertiary/aromatic N) is 3. The fourth-order valence-corrected chi connectivity index (χ4v) is 1.98. The second-order valence-corrected chi connectivity index (χ2v) is 4.69. The predicted molar refractivity (Wildman–Crippen MR) is 71.6 cm³/mol. The Morgan fingerprint density at radius 2 is 1.76 bits per heavy atom. The molecular formula is C12H21ClN4. The summed E-state index contributed by atoms with van der Waals surface area (Å²) in [5.41, 5.74) is 1.99. The number of alkyl halides is 1. The number of aromatic nitrogens is 3. The van der Waals surface area contributed by atoms with Crippen LogP contribution in [0.5, 0.6) is 0 Å². The number of aryl methyl sites for hydroxylation is 2. The van der Waals surface area contributed by atoms with E-state index in [0.29, 0.717) is 17.7 Å². The van der Waals surface area contributed by atoms with Crippen molar-refractivity contribution in [1.82, 2.24) is 15.2 Å². The van der Waals surface area contributed by atoms with Crippen LogP contribution in [-0.4, -0.2) is 27.1 Å². The highest BCUT2D eigenvalue weighted by atomic mass is 35.5. The number of halogens is 1. The minimum atomic E-state index is 0.177. The van der Waals surface area contributed by atoms with E-state index in [9.17, 15) is 0 Å². The average Bonchev–Trinajstić information content (AvgIpc) is 2.35. The van der Waals surface area contributed by atoms with Crippen molar-refractivity contribution in [2.45, 2.75) is 46.6 Å². The van der Waals surface area contributed by atoms with Crippen molar-refractivity contribution in [2.24, 2.45) is 5.92 Å². The summed E-state index contributed by atoms with van der Waals surface area (Å²) >= 11 is 5.91. The number of nitrogens with one attached hydrogen (secondary N) is 1. The van der Waals surface area contributed by atoms with E-state index in [1.165, 1.54) is 0 Å². The molecular weight excluding hydrogens is 236 g/mol. The third-order valence-corrected chi connectivity index (χ3v) is 3.13. The lowest BCUT2D eigenvalue weighted by atomic mass is 10.1. The van der Waals surface area contributed by atoms with Crippen LogP contribution >= 0.6 is 11.6 Å². The van der Waals surface area contributed by atoms with Gasteiger partial charge in [0.05, 0.1) is 11.4 Å². The molecule has 0 radical (unpaired) electrons. The van der Waals surface area contributed by atoms with Gasteiger partial charge >= 0.3 is 0 Å². The van der Waals surface area contributed by atoms with E-state index in [2.05, 4.69) is 48.2 Å². The smallest absolute Gasteiger partial charge is 0.243 e. The standard InChI is InChI=1S/C12H21ClN4/c1-5-9-10(6-2)16-17-12(14-9)15-11(7-13)8(3)4/h8,11H,5-7H2,1-4H3,(H,14,15,17). The molecule has 0 saturated carbocycles. The van der Waals surface area contributed by atoms with Gasteiger partial charge in [-0.05, 0) is 18.8 Å². The van der Waals surface area contributed by atoms with Gasteiger partial charge in [0.15, 0.2) is 0 Å². The molecule has 1 atom stereocenters. The van der Waals surface area contributed by atoms with Gasteiger partial charge in [0.2, 0.25) is 5.95 Å². The Morgan fingerprint density at radius 3 is 2.24 bits per heavy atom. The van der Waals surface area contributed by atoms with Crippen molar-refractivity contribution >= 4 is 17.5 Å². The van der Waals surface area contributed by atoms with Crippen molar-refractivity contribution in [3.05, 3.63) is 11.4 Å². The second-order valence-electron chi connectivity index (χ2n) is 4.39. The Hall–Kier alpha value is -0.900. The van der Waals surface area contributed by atoms with Crippen molar-refractivity contribution in [3.63, 3.8) is 0 Å². The van der Waals surface area contributed by atoms with Crippen LogP contribution in [0.2, 0.25) is 0 Å². The van der Waals surface area contributed by atoms with E-state index in [-0.39, 0.29) is 6.04 Å². The molecule has 0 spiro atoms. The van der Waals surface area contributed by atoms with Gasteiger partial charge in [-0.1, -0.05) is 27.7 Å². The molecule has 0 fully saturated rings. The highest BCUT2D eigenvalue weighted by Crippen LogP contribution is 2.11. The zero-order chi connectivity index (χ0) is 12.8. The van der Waals surface area contributed by atoms with E-state index in [0.717, 1.165) is 24.2 Å². The normalized spacial score (nSPS) is 12.8. The first-order valence-corrected chi connectivity index (χ1v) is 6.70. The Labute approximate surface area is 108 Å². The van der Waals surface area contributed by atoms with Gasteiger partial charge in [-0.2, -0.15) is 5.10 Å². The Kier molecular flexibility index (Phi) is 5.62. The lowest BCUT2D eigenvalue weighted by Gasteiger charge is -2.19.